The van der Waals surface area contributed by atoms with E-state index in [-0.39, 0.29) is 5.91 Å². The molecule has 3 rings (SSSR count). The third-order valence-electron chi connectivity index (χ3n) is 3.84. The van der Waals surface area contributed by atoms with E-state index in [4.69, 9.17) is 0 Å². The second-order valence-electron chi connectivity index (χ2n) is 5.00. The molecule has 0 saturated carbocycles. The molecule has 3 heterocycles. The summed E-state index contributed by atoms with van der Waals surface area (Å²) in [6.45, 7) is 5.81. The first-order chi connectivity index (χ1) is 9.75. The van der Waals surface area contributed by atoms with Gasteiger partial charge < -0.3 is 4.90 Å². The van der Waals surface area contributed by atoms with E-state index in [1.165, 1.54) is 16.2 Å². The summed E-state index contributed by atoms with van der Waals surface area (Å²) in [5.74, 6) is 0.184. The largest absolute Gasteiger partial charge is 0.335 e. The highest BCUT2D eigenvalue weighted by Gasteiger charge is 2.25. The second kappa shape index (κ2) is 6.08. The number of carbonyl (C=O) groups excluding carboxylic acids is 1. The lowest BCUT2D eigenvalue weighted by molar-refractivity contribution is 0.0589. The Hall–Kier alpha value is -1.17. The van der Waals surface area contributed by atoms with Crippen LogP contribution in [0, 0.1) is 0 Å². The van der Waals surface area contributed by atoms with Gasteiger partial charge in [0.2, 0.25) is 0 Å². The minimum Gasteiger partial charge on any atom is -0.335 e. The zero-order chi connectivity index (χ0) is 13.9. The number of hydrogen-bond acceptors (Lipinski definition) is 4. The van der Waals surface area contributed by atoms with Crippen LogP contribution in [-0.2, 0) is 0 Å². The Bertz CT molecular complexity index is 542. The maximum Gasteiger partial charge on any atom is 0.264 e. The Morgan fingerprint density at radius 1 is 1.10 bits per heavy atom. The Morgan fingerprint density at radius 3 is 2.40 bits per heavy atom. The Morgan fingerprint density at radius 2 is 1.80 bits per heavy atom. The molecular formula is C15H18N2OS2. The van der Waals surface area contributed by atoms with Crippen molar-refractivity contribution < 1.29 is 4.79 Å². The van der Waals surface area contributed by atoms with Crippen LogP contribution in [0.15, 0.2) is 35.0 Å². The molecule has 1 aliphatic heterocycles. The summed E-state index contributed by atoms with van der Waals surface area (Å²) in [5.41, 5.74) is 0. The lowest BCUT2D eigenvalue weighted by Gasteiger charge is -2.37. The normalized spacial score (nSPS) is 18.1. The highest BCUT2D eigenvalue weighted by molar-refractivity contribution is 7.12. The number of rotatable bonds is 3. The van der Waals surface area contributed by atoms with Gasteiger partial charge in [-0.1, -0.05) is 12.1 Å². The van der Waals surface area contributed by atoms with Gasteiger partial charge in [-0.2, -0.15) is 0 Å². The van der Waals surface area contributed by atoms with E-state index >= 15 is 0 Å². The second-order valence-corrected chi connectivity index (χ2v) is 6.92. The van der Waals surface area contributed by atoms with E-state index in [1.807, 2.05) is 33.7 Å². The molecule has 20 heavy (non-hydrogen) atoms. The van der Waals surface area contributed by atoms with Gasteiger partial charge in [-0.15, -0.1) is 22.7 Å². The van der Waals surface area contributed by atoms with Crippen LogP contribution in [0.4, 0.5) is 0 Å². The van der Waals surface area contributed by atoms with Crippen LogP contribution in [0.2, 0.25) is 0 Å². The third-order valence-corrected chi connectivity index (χ3v) is 5.74. The van der Waals surface area contributed by atoms with Crippen LogP contribution in [0.5, 0.6) is 0 Å². The topological polar surface area (TPSA) is 23.6 Å². The summed E-state index contributed by atoms with van der Waals surface area (Å²) >= 11 is 3.34. The SMILES string of the molecule is CC(c1cccs1)N1CCN(C(=O)c2cccs2)CC1. The van der Waals surface area contributed by atoms with Gasteiger partial charge in [0.1, 0.15) is 0 Å². The van der Waals surface area contributed by atoms with Crippen molar-refractivity contribution in [2.45, 2.75) is 13.0 Å². The van der Waals surface area contributed by atoms with Crippen LogP contribution in [-0.4, -0.2) is 41.9 Å². The van der Waals surface area contributed by atoms with Crippen LogP contribution in [0.3, 0.4) is 0 Å². The van der Waals surface area contributed by atoms with Gasteiger partial charge in [-0.3, -0.25) is 9.69 Å². The molecule has 3 nitrogen and oxygen atoms in total. The fraction of sp³-hybridized carbons (Fsp3) is 0.400. The number of amides is 1. The highest BCUT2D eigenvalue weighted by Crippen LogP contribution is 2.25. The van der Waals surface area contributed by atoms with Gasteiger partial charge >= 0.3 is 0 Å². The minimum atomic E-state index is 0.184. The van der Waals surface area contributed by atoms with Gasteiger partial charge in [-0.05, 0) is 29.8 Å². The molecule has 2 aromatic rings. The molecule has 1 aliphatic rings. The zero-order valence-corrected chi connectivity index (χ0v) is 13.1. The molecule has 5 heteroatoms. The molecule has 0 radical (unpaired) electrons. The van der Waals surface area contributed by atoms with Gasteiger partial charge in [0.25, 0.3) is 5.91 Å². The smallest absolute Gasteiger partial charge is 0.264 e. The number of nitrogens with zero attached hydrogens (tertiary/aromatic N) is 2. The van der Waals surface area contributed by atoms with E-state index in [2.05, 4.69) is 29.3 Å². The molecule has 1 amide bonds. The van der Waals surface area contributed by atoms with Gasteiger partial charge in [0, 0.05) is 37.1 Å². The van der Waals surface area contributed by atoms with E-state index in [9.17, 15) is 4.79 Å². The standard InChI is InChI=1S/C15H18N2OS2/c1-12(13-4-2-10-19-13)16-6-8-17(9-7-16)15(18)14-5-3-11-20-14/h2-5,10-12H,6-9H2,1H3. The van der Waals surface area contributed by atoms with Crippen LogP contribution >= 0.6 is 22.7 Å². The zero-order valence-electron chi connectivity index (χ0n) is 11.5. The first-order valence-corrected chi connectivity index (χ1v) is 8.62. The fourth-order valence-electron chi connectivity index (χ4n) is 2.58. The Balaban J connectivity index is 1.58. The number of hydrogen-bond donors (Lipinski definition) is 0. The molecule has 0 bridgehead atoms. The Labute approximate surface area is 127 Å². The maximum absolute atomic E-state index is 12.3. The summed E-state index contributed by atoms with van der Waals surface area (Å²) in [6, 6.07) is 8.60. The molecule has 1 saturated heterocycles. The van der Waals surface area contributed by atoms with E-state index in [1.54, 1.807) is 0 Å². The summed E-state index contributed by atoms with van der Waals surface area (Å²) in [6.07, 6.45) is 0. The summed E-state index contributed by atoms with van der Waals surface area (Å²) in [5, 5.41) is 4.09. The third kappa shape index (κ3) is 2.80. The molecule has 0 spiro atoms. The van der Waals surface area contributed by atoms with Crippen LogP contribution in [0.1, 0.15) is 27.5 Å². The minimum absolute atomic E-state index is 0.184. The van der Waals surface area contributed by atoms with Crippen molar-refractivity contribution in [3.8, 4) is 0 Å². The first kappa shape index (κ1) is 13.8. The molecule has 106 valence electrons. The predicted molar refractivity (Wildman–Crippen MR) is 84.5 cm³/mol. The average Bonchev–Trinajstić information content (AvgIpc) is 3.18. The quantitative estimate of drug-likeness (QED) is 0.868. The maximum atomic E-state index is 12.3. The summed E-state index contributed by atoms with van der Waals surface area (Å²) in [7, 11) is 0. The molecule has 0 aromatic carbocycles. The van der Waals surface area contributed by atoms with Gasteiger partial charge in [-0.25, -0.2) is 0 Å². The number of carbonyl (C=O) groups is 1. The molecule has 1 unspecified atom stereocenters. The van der Waals surface area contributed by atoms with Crippen molar-refractivity contribution in [3.05, 3.63) is 44.8 Å². The van der Waals surface area contributed by atoms with Crippen molar-refractivity contribution in [3.63, 3.8) is 0 Å². The first-order valence-electron chi connectivity index (χ1n) is 6.86. The predicted octanol–water partition coefficient (Wildman–Crippen LogP) is 3.33. The van der Waals surface area contributed by atoms with Crippen molar-refractivity contribution in [1.29, 1.82) is 0 Å². The summed E-state index contributed by atoms with van der Waals surface area (Å²) < 4.78 is 0. The molecule has 2 aromatic heterocycles. The molecule has 0 aliphatic carbocycles. The van der Waals surface area contributed by atoms with E-state index < -0.39 is 0 Å². The molecule has 1 atom stereocenters. The summed E-state index contributed by atoms with van der Waals surface area (Å²) in [4.78, 5) is 19.0. The highest BCUT2D eigenvalue weighted by atomic mass is 32.1. The van der Waals surface area contributed by atoms with Crippen molar-refractivity contribution in [2.24, 2.45) is 0 Å². The van der Waals surface area contributed by atoms with E-state index in [0.717, 1.165) is 31.1 Å². The number of thiophene rings is 2. The van der Waals surface area contributed by atoms with Crippen molar-refractivity contribution in [2.75, 3.05) is 26.2 Å². The molecule has 0 N–H and O–H groups in total. The molecular weight excluding hydrogens is 288 g/mol. The van der Waals surface area contributed by atoms with Crippen molar-refractivity contribution in [1.82, 2.24) is 9.80 Å². The van der Waals surface area contributed by atoms with E-state index in [0.29, 0.717) is 6.04 Å². The van der Waals surface area contributed by atoms with Gasteiger partial charge in [0.15, 0.2) is 0 Å². The monoisotopic (exact) mass is 306 g/mol. The van der Waals surface area contributed by atoms with Crippen LogP contribution in [0.25, 0.3) is 0 Å². The van der Waals surface area contributed by atoms with Gasteiger partial charge in [0.05, 0.1) is 4.88 Å². The number of piperazine rings is 1. The van der Waals surface area contributed by atoms with Crippen molar-refractivity contribution >= 4 is 28.6 Å². The lowest BCUT2D eigenvalue weighted by Crippen LogP contribution is -2.49. The average molecular weight is 306 g/mol. The Kier molecular flexibility index (Phi) is 4.19. The van der Waals surface area contributed by atoms with Crippen LogP contribution < -0.4 is 0 Å². The molecule has 1 fully saturated rings. The lowest BCUT2D eigenvalue weighted by atomic mass is 10.2. The fourth-order valence-corrected chi connectivity index (χ4v) is 4.09.